The molecule has 0 nitrogen and oxygen atoms in total. The van der Waals surface area contributed by atoms with Crippen molar-refractivity contribution in [1.82, 2.24) is 0 Å². The van der Waals surface area contributed by atoms with E-state index in [0.29, 0.717) is 0 Å². The van der Waals surface area contributed by atoms with Gasteiger partial charge in [0.2, 0.25) is 0 Å². The number of hydrogen-bond acceptors (Lipinski definition) is 0. The van der Waals surface area contributed by atoms with Gasteiger partial charge in [-0.25, -0.2) is 0 Å². The Morgan fingerprint density at radius 1 is 1.25 bits per heavy atom. The standard InChI is InChI=1S/C4H9.3HI.Pb/c1-3-4-2;;;;/h1,3-4H2,2H3;3*1H;/q;;;;+3/p-3. The molecule has 0 spiro atoms. The normalized spacial score (nSPS) is 12.0. The Bertz CT molecular complexity index is 58.8. The Kier molecular flexibility index (Phi) is 7.95. The van der Waals surface area contributed by atoms with Gasteiger partial charge in [-0.15, -0.1) is 0 Å². The Labute approximate surface area is 83.0 Å². The van der Waals surface area contributed by atoms with Crippen LogP contribution in [-0.2, 0) is 0 Å². The summed E-state index contributed by atoms with van der Waals surface area (Å²) in [5.74, 6) is 0. The molecule has 0 fully saturated rings. The molecule has 0 aliphatic carbocycles. The van der Waals surface area contributed by atoms with Gasteiger partial charge in [0.15, 0.2) is 0 Å². The molecule has 0 atom stereocenters. The van der Waals surface area contributed by atoms with E-state index in [1.165, 1.54) is 12.8 Å². The van der Waals surface area contributed by atoms with E-state index in [9.17, 15) is 0 Å². The molecule has 0 aromatic heterocycles. The molecule has 0 unspecified atom stereocenters. The molecule has 0 aromatic rings. The maximum atomic E-state index is 2.70. The van der Waals surface area contributed by atoms with Crippen molar-refractivity contribution in [3.8, 4) is 0 Å². The quantitative estimate of drug-likeness (QED) is 0.322. The van der Waals surface area contributed by atoms with Gasteiger partial charge in [0, 0.05) is 0 Å². The Morgan fingerprint density at radius 3 is 1.88 bits per heavy atom. The average molecular weight is 645 g/mol. The van der Waals surface area contributed by atoms with Crippen molar-refractivity contribution in [3.05, 3.63) is 0 Å². The number of halogens is 3. The van der Waals surface area contributed by atoms with Crippen LogP contribution in [0.1, 0.15) is 19.8 Å². The van der Waals surface area contributed by atoms with Crippen LogP contribution < -0.4 is 0 Å². The van der Waals surface area contributed by atoms with E-state index in [2.05, 4.69) is 60.2 Å². The molecule has 0 heterocycles. The van der Waals surface area contributed by atoms with Crippen molar-refractivity contribution < 1.29 is 0 Å². The molecule has 8 heavy (non-hydrogen) atoms. The predicted molar refractivity (Wildman–Crippen MR) is 67.5 cm³/mol. The summed E-state index contributed by atoms with van der Waals surface area (Å²) in [6.07, 6.45) is 2.83. The van der Waals surface area contributed by atoms with Gasteiger partial charge in [-0.2, -0.15) is 0 Å². The Morgan fingerprint density at radius 2 is 1.75 bits per heavy atom. The molecule has 0 rings (SSSR count). The van der Waals surface area contributed by atoms with Gasteiger partial charge in [0.25, 0.3) is 0 Å². The molecule has 0 radical (unpaired) electrons. The van der Waals surface area contributed by atoms with Crippen LogP contribution in [0.4, 0.5) is 0 Å². The molecule has 0 aliphatic rings. The van der Waals surface area contributed by atoms with Gasteiger partial charge < -0.3 is 0 Å². The van der Waals surface area contributed by atoms with Gasteiger partial charge >= 0.3 is 85.3 Å². The molecular formula is C4H9I3Pb. The zero-order chi connectivity index (χ0) is 6.62. The minimum absolute atomic E-state index is 1.37. The SMILES string of the molecule is CCC[CH2][Pb]([I])([I])[I]. The van der Waals surface area contributed by atoms with E-state index in [1.807, 2.05) is 0 Å². The van der Waals surface area contributed by atoms with Gasteiger partial charge in [0.05, 0.1) is 0 Å². The summed E-state index contributed by atoms with van der Waals surface area (Å²) in [4.78, 5) is 0. The minimum atomic E-state index is -1.51. The fraction of sp³-hybridized carbons (Fsp3) is 1.00. The molecule has 0 aliphatic heterocycles. The van der Waals surface area contributed by atoms with E-state index in [1.54, 1.807) is 3.98 Å². The summed E-state index contributed by atoms with van der Waals surface area (Å²) in [6, 6.07) is 0. The summed E-state index contributed by atoms with van der Waals surface area (Å²) < 4.78 is 1.55. The monoisotopic (exact) mass is 646 g/mol. The first-order valence-electron chi connectivity index (χ1n) is 2.63. The van der Waals surface area contributed by atoms with Crippen LogP contribution in [0.5, 0.6) is 0 Å². The summed E-state index contributed by atoms with van der Waals surface area (Å²) >= 11 is 8.09. The molecule has 0 saturated carbocycles. The number of unbranched alkanes of at least 4 members (excludes halogenated alkanes) is 1. The first-order valence-corrected chi connectivity index (χ1v) is 38.2. The van der Waals surface area contributed by atoms with Crippen LogP contribution in [0.2, 0.25) is 3.98 Å². The molecule has 0 aromatic carbocycles. The van der Waals surface area contributed by atoms with Crippen LogP contribution in [-0.4, -0.2) is 8.29 Å². The van der Waals surface area contributed by atoms with Crippen LogP contribution in [0.15, 0.2) is 0 Å². The van der Waals surface area contributed by atoms with E-state index in [0.717, 1.165) is 0 Å². The first-order chi connectivity index (χ1) is 3.56. The van der Waals surface area contributed by atoms with E-state index in [-0.39, 0.29) is 0 Å². The fourth-order valence-electron chi connectivity index (χ4n) is 0.377. The third-order valence-corrected chi connectivity index (χ3v) is 18.6. The van der Waals surface area contributed by atoms with Crippen molar-refractivity contribution in [1.29, 1.82) is 0 Å². The van der Waals surface area contributed by atoms with Gasteiger partial charge in [-0.05, 0) is 0 Å². The molecule has 0 saturated heterocycles. The maximum absolute atomic E-state index is 2.70. The summed E-state index contributed by atoms with van der Waals surface area (Å²) in [7, 11) is -1.51. The van der Waals surface area contributed by atoms with Gasteiger partial charge in [-0.3, -0.25) is 0 Å². The Hall–Kier alpha value is 3.11. The fourth-order valence-corrected chi connectivity index (χ4v) is 13.4. The van der Waals surface area contributed by atoms with E-state index in [4.69, 9.17) is 0 Å². The zero-order valence-corrected chi connectivity index (χ0v) is 15.1. The topological polar surface area (TPSA) is 0 Å². The number of hydrogen-bond donors (Lipinski definition) is 0. The second-order valence-corrected chi connectivity index (χ2v) is 111. The first kappa shape index (κ1) is 11.1. The van der Waals surface area contributed by atoms with E-state index >= 15 is 0 Å². The summed E-state index contributed by atoms with van der Waals surface area (Å²) in [5.41, 5.74) is 0. The van der Waals surface area contributed by atoms with Gasteiger partial charge in [-0.1, -0.05) is 0 Å². The third-order valence-electron chi connectivity index (χ3n) is 0.814. The van der Waals surface area contributed by atoms with Crippen LogP contribution in [0.25, 0.3) is 0 Å². The van der Waals surface area contributed by atoms with Crippen molar-refractivity contribution in [3.63, 3.8) is 0 Å². The van der Waals surface area contributed by atoms with Gasteiger partial charge in [0.1, 0.15) is 0 Å². The molecule has 4 heteroatoms. The second kappa shape index (κ2) is 5.72. The van der Waals surface area contributed by atoms with E-state index < -0.39 is 8.29 Å². The molecule has 0 bridgehead atoms. The van der Waals surface area contributed by atoms with Crippen LogP contribution in [0, 0.1) is 0 Å². The third kappa shape index (κ3) is 9.11. The molecule has 0 N–H and O–H groups in total. The average Bonchev–Trinajstić information content (AvgIpc) is 1.59. The van der Waals surface area contributed by atoms with Crippen LogP contribution >= 0.6 is 53.3 Å². The Balaban J connectivity index is 3.11. The number of rotatable bonds is 3. The zero-order valence-electron chi connectivity index (χ0n) is 4.76. The van der Waals surface area contributed by atoms with Crippen molar-refractivity contribution in [2.24, 2.45) is 0 Å². The van der Waals surface area contributed by atoms with Crippen molar-refractivity contribution in [2.45, 2.75) is 23.7 Å². The second-order valence-electron chi connectivity index (χ2n) is 1.72. The predicted octanol–water partition coefficient (Wildman–Crippen LogP) is 4.03. The summed E-state index contributed by atoms with van der Waals surface area (Å²) in [5, 5.41) is 0. The van der Waals surface area contributed by atoms with Crippen molar-refractivity contribution in [2.75, 3.05) is 0 Å². The molecule has 0 amide bonds. The molecular weight excluding hydrogens is 636 g/mol. The van der Waals surface area contributed by atoms with Crippen molar-refractivity contribution >= 4 is 61.6 Å². The van der Waals surface area contributed by atoms with Crippen LogP contribution in [0.3, 0.4) is 0 Å². The molecule has 50 valence electrons. The summed E-state index contributed by atoms with van der Waals surface area (Å²) in [6.45, 7) is 2.27.